The number of rotatable bonds is 4. The summed E-state index contributed by atoms with van der Waals surface area (Å²) in [7, 11) is 0. The molecule has 1 saturated carbocycles. The highest BCUT2D eigenvalue weighted by Gasteiger charge is 2.28. The summed E-state index contributed by atoms with van der Waals surface area (Å²) >= 11 is 0. The third-order valence-corrected chi connectivity index (χ3v) is 4.57. The molecular weight excluding hydrogens is 334 g/mol. The van der Waals surface area contributed by atoms with Gasteiger partial charge < -0.3 is 19.5 Å². The maximum Gasteiger partial charge on any atom is 0.289 e. The van der Waals surface area contributed by atoms with Gasteiger partial charge >= 0.3 is 0 Å². The quantitative estimate of drug-likeness (QED) is 0.895. The number of nitrogens with one attached hydrogen (secondary N) is 1. The average Bonchev–Trinajstić information content (AvgIpc) is 3.29. The maximum absolute atomic E-state index is 12.8. The normalized spacial score (nSPS) is 17.3. The predicted octanol–water partition coefficient (Wildman–Crippen LogP) is 1.55. The molecule has 1 aliphatic carbocycles. The lowest BCUT2D eigenvalue weighted by Gasteiger charge is -2.34. The van der Waals surface area contributed by atoms with E-state index in [1.807, 2.05) is 0 Å². The number of piperazine rings is 1. The largest absolute Gasteiger partial charge is 0.459 e. The Hall–Kier alpha value is -2.90. The van der Waals surface area contributed by atoms with Gasteiger partial charge in [-0.05, 0) is 31.9 Å². The summed E-state index contributed by atoms with van der Waals surface area (Å²) in [5.74, 6) is 1.34. The van der Waals surface area contributed by atoms with Crippen LogP contribution in [0.5, 0.6) is 0 Å². The van der Waals surface area contributed by atoms with Crippen LogP contribution in [0.2, 0.25) is 0 Å². The Morgan fingerprint density at radius 1 is 1.12 bits per heavy atom. The number of aryl methyl sites for hydroxylation is 1. The van der Waals surface area contributed by atoms with Crippen molar-refractivity contribution in [2.75, 3.05) is 31.5 Å². The van der Waals surface area contributed by atoms with Gasteiger partial charge in [-0.25, -0.2) is 9.97 Å². The summed E-state index contributed by atoms with van der Waals surface area (Å²) in [6.45, 7) is 3.68. The second kappa shape index (κ2) is 6.78. The molecule has 1 saturated heterocycles. The summed E-state index contributed by atoms with van der Waals surface area (Å²) in [6, 6.07) is 5.52. The molecule has 1 N–H and O–H groups in total. The van der Waals surface area contributed by atoms with Gasteiger partial charge in [0.15, 0.2) is 5.76 Å². The van der Waals surface area contributed by atoms with E-state index in [4.69, 9.17) is 4.42 Å². The van der Waals surface area contributed by atoms with Gasteiger partial charge in [-0.15, -0.1) is 0 Å². The third kappa shape index (κ3) is 3.54. The van der Waals surface area contributed by atoms with Crippen LogP contribution >= 0.6 is 0 Å². The van der Waals surface area contributed by atoms with Crippen LogP contribution in [-0.4, -0.2) is 63.8 Å². The molecule has 2 fully saturated rings. The lowest BCUT2D eigenvalue weighted by molar-refractivity contribution is 0.0515. The van der Waals surface area contributed by atoms with E-state index in [1.165, 1.54) is 6.26 Å². The van der Waals surface area contributed by atoms with Crippen LogP contribution in [0.1, 0.15) is 39.7 Å². The van der Waals surface area contributed by atoms with Gasteiger partial charge in [-0.2, -0.15) is 0 Å². The second-order valence-electron chi connectivity index (χ2n) is 6.67. The van der Waals surface area contributed by atoms with E-state index < -0.39 is 0 Å². The van der Waals surface area contributed by atoms with Gasteiger partial charge in [0.25, 0.3) is 11.8 Å². The number of amides is 2. The zero-order valence-corrected chi connectivity index (χ0v) is 14.6. The molecule has 0 spiro atoms. The lowest BCUT2D eigenvalue weighted by atomic mass is 10.2. The molecule has 1 aliphatic heterocycles. The Bertz CT molecular complexity index is 808. The fraction of sp³-hybridized carbons (Fsp3) is 0.444. The fourth-order valence-corrected chi connectivity index (χ4v) is 3.02. The van der Waals surface area contributed by atoms with Crippen molar-refractivity contribution in [3.05, 3.63) is 41.7 Å². The Morgan fingerprint density at radius 2 is 1.81 bits per heavy atom. The topological polar surface area (TPSA) is 91.6 Å². The molecular formula is C18H21N5O3. The number of furan rings is 1. The lowest BCUT2D eigenvalue weighted by Crippen LogP contribution is -2.50. The standard InChI is InChI=1S/C18H21N5O3/c1-12-19-14(11-16(20-12)21-13-4-5-13)17(24)22-6-8-23(9-7-22)18(25)15-3-2-10-26-15/h2-3,10-11,13H,4-9H2,1H3,(H,19,20,21). The average molecular weight is 355 g/mol. The number of aromatic nitrogens is 2. The minimum Gasteiger partial charge on any atom is -0.459 e. The van der Waals surface area contributed by atoms with Crippen molar-refractivity contribution in [3.63, 3.8) is 0 Å². The van der Waals surface area contributed by atoms with Crippen molar-refractivity contribution < 1.29 is 14.0 Å². The van der Waals surface area contributed by atoms with E-state index >= 15 is 0 Å². The molecule has 8 heteroatoms. The van der Waals surface area contributed by atoms with Crippen LogP contribution in [-0.2, 0) is 0 Å². The molecule has 3 heterocycles. The van der Waals surface area contributed by atoms with Crippen LogP contribution < -0.4 is 5.32 Å². The van der Waals surface area contributed by atoms with Gasteiger partial charge in [-0.1, -0.05) is 0 Å². The number of carbonyl (C=O) groups excluding carboxylic acids is 2. The molecule has 0 radical (unpaired) electrons. The molecule has 2 aromatic rings. The Kier molecular flexibility index (Phi) is 4.32. The first-order valence-electron chi connectivity index (χ1n) is 8.84. The van der Waals surface area contributed by atoms with E-state index in [9.17, 15) is 9.59 Å². The van der Waals surface area contributed by atoms with E-state index in [0.29, 0.717) is 55.3 Å². The molecule has 0 bridgehead atoms. The molecule has 4 rings (SSSR count). The summed E-state index contributed by atoms with van der Waals surface area (Å²) in [5.41, 5.74) is 0.395. The Balaban J connectivity index is 1.40. The first-order chi connectivity index (χ1) is 12.6. The van der Waals surface area contributed by atoms with Crippen LogP contribution in [0.4, 0.5) is 5.82 Å². The van der Waals surface area contributed by atoms with Crippen molar-refractivity contribution >= 4 is 17.6 Å². The highest BCUT2D eigenvalue weighted by atomic mass is 16.3. The zero-order valence-electron chi connectivity index (χ0n) is 14.6. The first kappa shape index (κ1) is 16.6. The maximum atomic E-state index is 12.8. The second-order valence-corrected chi connectivity index (χ2v) is 6.67. The van der Waals surface area contributed by atoms with E-state index in [2.05, 4.69) is 15.3 Å². The fourth-order valence-electron chi connectivity index (χ4n) is 3.02. The van der Waals surface area contributed by atoms with Crippen LogP contribution in [0.3, 0.4) is 0 Å². The molecule has 2 aliphatic rings. The SMILES string of the molecule is Cc1nc(NC2CC2)cc(C(=O)N2CCN(C(=O)c3ccco3)CC2)n1. The van der Waals surface area contributed by atoms with Crippen molar-refractivity contribution in [2.45, 2.75) is 25.8 Å². The Morgan fingerprint density at radius 3 is 2.42 bits per heavy atom. The smallest absolute Gasteiger partial charge is 0.289 e. The van der Waals surface area contributed by atoms with Crippen LogP contribution in [0, 0.1) is 6.92 Å². The van der Waals surface area contributed by atoms with Gasteiger partial charge in [0.1, 0.15) is 17.3 Å². The number of anilines is 1. The molecule has 2 aromatic heterocycles. The summed E-state index contributed by atoms with van der Waals surface area (Å²) < 4.78 is 5.16. The molecule has 0 unspecified atom stereocenters. The summed E-state index contributed by atoms with van der Waals surface area (Å²) in [4.78, 5) is 37.2. The van der Waals surface area contributed by atoms with E-state index in [0.717, 1.165) is 12.8 Å². The van der Waals surface area contributed by atoms with Crippen molar-refractivity contribution in [2.24, 2.45) is 0 Å². The number of hydrogen-bond donors (Lipinski definition) is 1. The highest BCUT2D eigenvalue weighted by molar-refractivity contribution is 5.94. The van der Waals surface area contributed by atoms with Crippen LogP contribution in [0.25, 0.3) is 0 Å². The predicted molar refractivity (Wildman–Crippen MR) is 93.9 cm³/mol. The van der Waals surface area contributed by atoms with E-state index in [-0.39, 0.29) is 11.8 Å². The third-order valence-electron chi connectivity index (χ3n) is 4.57. The van der Waals surface area contributed by atoms with Crippen LogP contribution in [0.15, 0.2) is 28.9 Å². The van der Waals surface area contributed by atoms with E-state index in [1.54, 1.807) is 34.9 Å². The summed E-state index contributed by atoms with van der Waals surface area (Å²) in [6.07, 6.45) is 3.76. The zero-order chi connectivity index (χ0) is 18.1. The first-order valence-corrected chi connectivity index (χ1v) is 8.84. The van der Waals surface area contributed by atoms with Crippen molar-refractivity contribution in [1.29, 1.82) is 0 Å². The molecule has 26 heavy (non-hydrogen) atoms. The molecule has 8 nitrogen and oxygen atoms in total. The number of carbonyl (C=O) groups is 2. The molecule has 0 atom stereocenters. The molecule has 0 aromatic carbocycles. The number of hydrogen-bond acceptors (Lipinski definition) is 6. The minimum absolute atomic E-state index is 0.126. The highest BCUT2D eigenvalue weighted by Crippen LogP contribution is 2.24. The molecule has 136 valence electrons. The van der Waals surface area contributed by atoms with Crippen molar-refractivity contribution in [1.82, 2.24) is 19.8 Å². The summed E-state index contributed by atoms with van der Waals surface area (Å²) in [5, 5.41) is 3.31. The van der Waals surface area contributed by atoms with Crippen molar-refractivity contribution in [3.8, 4) is 0 Å². The van der Waals surface area contributed by atoms with Gasteiger partial charge in [-0.3, -0.25) is 9.59 Å². The number of nitrogens with zero attached hydrogens (tertiary/aromatic N) is 4. The van der Waals surface area contributed by atoms with Gasteiger partial charge in [0, 0.05) is 38.3 Å². The molecule has 2 amide bonds. The minimum atomic E-state index is -0.143. The van der Waals surface area contributed by atoms with Gasteiger partial charge in [0.05, 0.1) is 6.26 Å². The monoisotopic (exact) mass is 355 g/mol. The van der Waals surface area contributed by atoms with Gasteiger partial charge in [0.2, 0.25) is 0 Å². The Labute approximate surface area is 151 Å².